The number of carbonyl (C=O) groups is 2. The van der Waals surface area contributed by atoms with Gasteiger partial charge in [-0.2, -0.15) is 5.26 Å². The van der Waals surface area contributed by atoms with Crippen LogP contribution in [0.25, 0.3) is 0 Å². The second-order valence-corrected chi connectivity index (χ2v) is 7.66. The van der Waals surface area contributed by atoms with E-state index in [-0.39, 0.29) is 18.0 Å². The number of aliphatic hydroxyl groups excluding tert-OH is 1. The molecule has 0 aromatic carbocycles. The molecule has 4 atom stereocenters. The van der Waals surface area contributed by atoms with E-state index < -0.39 is 29.9 Å². The highest BCUT2D eigenvalue weighted by molar-refractivity contribution is 8.01. The van der Waals surface area contributed by atoms with Crippen LogP contribution < -0.4 is 0 Å². The fourth-order valence-electron chi connectivity index (χ4n) is 3.37. The van der Waals surface area contributed by atoms with Crippen LogP contribution in [0.4, 0.5) is 0 Å². The minimum atomic E-state index is -1.19. The number of thioether (sulfide) groups is 1. The van der Waals surface area contributed by atoms with Crippen LogP contribution in [-0.4, -0.2) is 55.1 Å². The first-order valence-corrected chi connectivity index (χ1v) is 9.07. The number of nitrogens with zero attached hydrogens (tertiary/aromatic N) is 4. The third-order valence-corrected chi connectivity index (χ3v) is 6.23. The Morgan fingerprint density at radius 3 is 2.92 bits per heavy atom. The van der Waals surface area contributed by atoms with Crippen LogP contribution in [0.1, 0.15) is 13.3 Å². The Hall–Kier alpha value is -1.96. The van der Waals surface area contributed by atoms with Gasteiger partial charge in [0, 0.05) is 18.1 Å². The number of carboxylic acid groups (broad SMARTS) is 1. The monoisotopic (exact) mass is 366 g/mol. The van der Waals surface area contributed by atoms with Crippen molar-refractivity contribution < 1.29 is 19.8 Å². The van der Waals surface area contributed by atoms with Crippen molar-refractivity contribution in [2.75, 3.05) is 5.75 Å². The lowest BCUT2D eigenvalue weighted by atomic mass is 9.76. The molecule has 2 aliphatic heterocycles. The molecule has 1 aromatic heterocycles. The average molecular weight is 366 g/mol. The van der Waals surface area contributed by atoms with Gasteiger partial charge < -0.3 is 15.1 Å². The summed E-state index contributed by atoms with van der Waals surface area (Å²) in [6, 6.07) is 1.61. The number of aliphatic hydroxyl groups is 1. The normalized spacial score (nSPS) is 26.8. The molecule has 8 nitrogen and oxygen atoms in total. The van der Waals surface area contributed by atoms with E-state index in [0.29, 0.717) is 15.7 Å². The molecule has 1 aromatic rings. The summed E-state index contributed by atoms with van der Waals surface area (Å²) in [6.45, 7) is 1.51. The van der Waals surface area contributed by atoms with E-state index in [2.05, 4.69) is 16.3 Å². The maximum Gasteiger partial charge on any atom is 0.352 e. The number of hydrogen-bond donors (Lipinski definition) is 2. The van der Waals surface area contributed by atoms with Crippen LogP contribution >= 0.6 is 23.1 Å². The smallest absolute Gasteiger partial charge is 0.352 e. The molecular weight excluding hydrogens is 352 g/mol. The number of aromatic nitrogens is 2. The summed E-state index contributed by atoms with van der Waals surface area (Å²) in [4.78, 5) is 25.2. The summed E-state index contributed by atoms with van der Waals surface area (Å²) in [5, 5.41) is 36.2. The molecular formula is C14H14N4O4S2. The number of β-lactam (4-membered cyclic amide) rings is 1. The Bertz CT molecular complexity index is 740. The third-order valence-electron chi connectivity index (χ3n) is 4.32. The molecule has 1 amide bonds. The lowest BCUT2D eigenvalue weighted by molar-refractivity contribution is -0.163. The average Bonchev–Trinajstić information content (AvgIpc) is 3.10. The molecule has 0 spiro atoms. The van der Waals surface area contributed by atoms with E-state index in [9.17, 15) is 19.8 Å². The predicted octanol–water partition coefficient (Wildman–Crippen LogP) is 0.720. The van der Waals surface area contributed by atoms with Gasteiger partial charge in [-0.3, -0.25) is 4.79 Å². The predicted molar refractivity (Wildman–Crippen MR) is 84.8 cm³/mol. The second kappa shape index (κ2) is 6.51. The van der Waals surface area contributed by atoms with Gasteiger partial charge in [0.25, 0.3) is 0 Å². The molecule has 10 heteroatoms. The Morgan fingerprint density at radius 2 is 2.38 bits per heavy atom. The standard InChI is InChI=1S/C14H14N4O4S2/c1-6(19)9-10-7(2-3-15)8(4-23-14-17-16-5-24-14)11(13(21)22)18(10)12(9)20/h5-7,9-10,19H,2,4H2,1H3,(H,21,22)/t6-,7+,9-,10-/m1/s1. The van der Waals surface area contributed by atoms with Crippen molar-refractivity contribution in [1.82, 2.24) is 15.1 Å². The molecule has 0 bridgehead atoms. The van der Waals surface area contributed by atoms with Crippen LogP contribution in [0.15, 0.2) is 21.1 Å². The molecule has 0 radical (unpaired) electrons. The van der Waals surface area contributed by atoms with Gasteiger partial charge in [0.15, 0.2) is 4.34 Å². The van der Waals surface area contributed by atoms with Crippen molar-refractivity contribution >= 4 is 35.0 Å². The fraction of sp³-hybridized carbons (Fsp3) is 0.500. The molecule has 1 saturated heterocycles. The van der Waals surface area contributed by atoms with E-state index in [1.54, 1.807) is 5.51 Å². The van der Waals surface area contributed by atoms with Crippen LogP contribution in [0.5, 0.6) is 0 Å². The highest BCUT2D eigenvalue weighted by atomic mass is 32.2. The minimum absolute atomic E-state index is 0.0563. The molecule has 3 heterocycles. The summed E-state index contributed by atoms with van der Waals surface area (Å²) in [5.41, 5.74) is 2.07. The summed E-state index contributed by atoms with van der Waals surface area (Å²) in [7, 11) is 0. The zero-order valence-electron chi connectivity index (χ0n) is 12.6. The molecule has 24 heavy (non-hydrogen) atoms. The number of carbonyl (C=O) groups excluding carboxylic acids is 1. The van der Waals surface area contributed by atoms with Gasteiger partial charge in [-0.15, -0.1) is 10.2 Å². The lowest BCUT2D eigenvalue weighted by Gasteiger charge is -2.46. The van der Waals surface area contributed by atoms with Crippen molar-refractivity contribution in [3.8, 4) is 6.07 Å². The number of amides is 1. The van der Waals surface area contributed by atoms with Gasteiger partial charge in [0.2, 0.25) is 5.91 Å². The van der Waals surface area contributed by atoms with E-state index in [1.807, 2.05) is 0 Å². The fourth-order valence-corrected chi connectivity index (χ4v) is 4.96. The summed E-state index contributed by atoms with van der Waals surface area (Å²) < 4.78 is 0.690. The molecule has 2 N–H and O–H groups in total. The van der Waals surface area contributed by atoms with Gasteiger partial charge in [-0.05, 0) is 12.5 Å². The molecule has 0 unspecified atom stereocenters. The van der Waals surface area contributed by atoms with Gasteiger partial charge in [-0.25, -0.2) is 4.79 Å². The molecule has 0 aliphatic carbocycles. The van der Waals surface area contributed by atoms with Crippen molar-refractivity contribution in [3.63, 3.8) is 0 Å². The number of hydrogen-bond acceptors (Lipinski definition) is 8. The van der Waals surface area contributed by atoms with E-state index >= 15 is 0 Å². The van der Waals surface area contributed by atoms with E-state index in [4.69, 9.17) is 5.26 Å². The molecule has 0 saturated carbocycles. The Morgan fingerprint density at radius 1 is 1.62 bits per heavy atom. The van der Waals surface area contributed by atoms with Crippen molar-refractivity contribution in [2.45, 2.75) is 29.8 Å². The first-order chi connectivity index (χ1) is 11.5. The summed E-state index contributed by atoms with van der Waals surface area (Å²) >= 11 is 2.67. The van der Waals surface area contributed by atoms with Gasteiger partial charge in [0.1, 0.15) is 11.2 Å². The quantitative estimate of drug-likeness (QED) is 0.557. The maximum absolute atomic E-state index is 12.3. The van der Waals surface area contributed by atoms with Crippen molar-refractivity contribution in [3.05, 3.63) is 16.8 Å². The van der Waals surface area contributed by atoms with Crippen LogP contribution in [0, 0.1) is 23.2 Å². The number of aliphatic carboxylic acids is 1. The van der Waals surface area contributed by atoms with Gasteiger partial charge in [0.05, 0.1) is 24.1 Å². The Kier molecular flexibility index (Phi) is 4.58. The summed E-state index contributed by atoms with van der Waals surface area (Å²) in [5.74, 6) is -2.33. The largest absolute Gasteiger partial charge is 0.477 e. The number of nitriles is 1. The first kappa shape index (κ1) is 16.9. The van der Waals surface area contributed by atoms with Crippen LogP contribution in [0.2, 0.25) is 0 Å². The summed E-state index contributed by atoms with van der Waals surface area (Å²) in [6.07, 6.45) is -0.786. The zero-order chi connectivity index (χ0) is 17.4. The highest BCUT2D eigenvalue weighted by Crippen LogP contribution is 2.49. The minimum Gasteiger partial charge on any atom is -0.477 e. The van der Waals surface area contributed by atoms with Gasteiger partial charge >= 0.3 is 5.97 Å². The van der Waals surface area contributed by atoms with Crippen LogP contribution in [-0.2, 0) is 9.59 Å². The van der Waals surface area contributed by atoms with E-state index in [1.165, 1.54) is 34.9 Å². The van der Waals surface area contributed by atoms with E-state index in [0.717, 1.165) is 0 Å². The number of fused-ring (bicyclic) bond motifs is 1. The molecule has 126 valence electrons. The lowest BCUT2D eigenvalue weighted by Crippen LogP contribution is -2.63. The first-order valence-electron chi connectivity index (χ1n) is 7.20. The molecule has 3 rings (SSSR count). The Labute approximate surface area is 145 Å². The maximum atomic E-state index is 12.3. The van der Waals surface area contributed by atoms with Gasteiger partial charge in [-0.1, -0.05) is 23.1 Å². The highest BCUT2D eigenvalue weighted by Gasteiger charge is 2.60. The zero-order valence-corrected chi connectivity index (χ0v) is 14.3. The molecule has 1 fully saturated rings. The number of carboxylic acids is 1. The second-order valence-electron chi connectivity index (χ2n) is 5.61. The van der Waals surface area contributed by atoms with Crippen LogP contribution in [0.3, 0.4) is 0 Å². The third kappa shape index (κ3) is 2.58. The Balaban J connectivity index is 1.94. The number of rotatable bonds is 6. The molecule has 2 aliphatic rings. The SMILES string of the molecule is C[C@@H](O)[C@H]1C(=O)N2C(C(=O)O)=C(CSc3nncs3)[C@H](CC#N)[C@H]12. The van der Waals surface area contributed by atoms with Crippen molar-refractivity contribution in [1.29, 1.82) is 5.26 Å². The topological polar surface area (TPSA) is 127 Å². The van der Waals surface area contributed by atoms with Crippen molar-refractivity contribution in [2.24, 2.45) is 11.8 Å².